The van der Waals surface area contributed by atoms with E-state index in [2.05, 4.69) is 47.9 Å². The third-order valence-corrected chi connectivity index (χ3v) is 11.9. The van der Waals surface area contributed by atoms with Gasteiger partial charge in [0.25, 0.3) is 0 Å². The van der Waals surface area contributed by atoms with Crippen LogP contribution in [0.15, 0.2) is 24.3 Å². The van der Waals surface area contributed by atoms with Gasteiger partial charge in [0.1, 0.15) is 0 Å². The first-order valence-corrected chi connectivity index (χ1v) is 16.7. The summed E-state index contributed by atoms with van der Waals surface area (Å²) in [5.74, 6) is 0.500. The highest BCUT2D eigenvalue weighted by molar-refractivity contribution is 7.91. The zero-order valence-electron chi connectivity index (χ0n) is 21.3. The number of rotatable bonds is 2. The number of anilines is 2. The van der Waals surface area contributed by atoms with E-state index in [1.807, 2.05) is 4.90 Å². The van der Waals surface area contributed by atoms with Crippen LogP contribution >= 0.6 is 0 Å². The lowest BCUT2D eigenvalue weighted by Gasteiger charge is -2.41. The standard InChI is InChI=1S/C25H38N4O5S2/c1-25(2)9-7-22-19-29(21-5-3-20(4-6-21)26-11-15-35(31,32)16-12-26)23(25)8-10-28(22)24(30)27-13-17-36(33,34)18-14-27/h3-6,22-23H,7-19H2,1-2H3/t22-,23+/m1/s1. The molecule has 4 aliphatic heterocycles. The van der Waals surface area contributed by atoms with E-state index in [-0.39, 0.29) is 59.6 Å². The Kier molecular flexibility index (Phi) is 6.68. The normalized spacial score (nSPS) is 29.5. The predicted molar refractivity (Wildman–Crippen MR) is 142 cm³/mol. The molecule has 1 aromatic rings. The molecule has 4 heterocycles. The maximum atomic E-state index is 13.5. The van der Waals surface area contributed by atoms with Gasteiger partial charge in [0.05, 0.1) is 29.1 Å². The van der Waals surface area contributed by atoms with Crippen LogP contribution in [0.2, 0.25) is 0 Å². The number of likely N-dealkylation sites (tertiary alicyclic amines) is 1. The van der Waals surface area contributed by atoms with Crippen molar-refractivity contribution in [2.24, 2.45) is 5.41 Å². The summed E-state index contributed by atoms with van der Waals surface area (Å²) in [5, 5.41) is 0. The Bertz CT molecular complexity index is 1170. The number of fused-ring (bicyclic) bond motifs is 3. The van der Waals surface area contributed by atoms with Gasteiger partial charge in [-0.25, -0.2) is 21.6 Å². The molecule has 9 nitrogen and oxygen atoms in total. The van der Waals surface area contributed by atoms with Crippen LogP contribution in [-0.2, 0) is 19.7 Å². The van der Waals surface area contributed by atoms with E-state index in [1.54, 1.807) is 4.90 Å². The van der Waals surface area contributed by atoms with E-state index in [1.165, 1.54) is 0 Å². The number of nitrogens with zero attached hydrogens (tertiary/aromatic N) is 4. The summed E-state index contributed by atoms with van der Waals surface area (Å²) < 4.78 is 47.3. The molecule has 4 aliphatic rings. The molecule has 1 aromatic carbocycles. The van der Waals surface area contributed by atoms with Crippen LogP contribution in [0.3, 0.4) is 0 Å². The molecule has 2 atom stereocenters. The van der Waals surface area contributed by atoms with Crippen molar-refractivity contribution in [3.8, 4) is 0 Å². The van der Waals surface area contributed by atoms with Gasteiger partial charge in [-0.15, -0.1) is 0 Å². The molecule has 36 heavy (non-hydrogen) atoms. The molecule has 0 N–H and O–H groups in total. The topological polar surface area (TPSA) is 98.3 Å². The molecule has 11 heteroatoms. The molecule has 200 valence electrons. The number of urea groups is 1. The molecule has 4 fully saturated rings. The lowest BCUT2D eigenvalue weighted by atomic mass is 9.77. The van der Waals surface area contributed by atoms with Crippen molar-refractivity contribution in [2.75, 3.05) is 72.1 Å². The van der Waals surface area contributed by atoms with Crippen molar-refractivity contribution in [1.82, 2.24) is 9.80 Å². The first kappa shape index (κ1) is 25.6. The summed E-state index contributed by atoms with van der Waals surface area (Å²) in [6.07, 6.45) is 2.82. The van der Waals surface area contributed by atoms with Gasteiger partial charge in [-0.2, -0.15) is 0 Å². The SMILES string of the molecule is CC1(C)CC[C@@H]2CN(c3ccc(N4CCS(=O)(=O)CC4)cc3)[C@H]1CCN2C(=O)N1CCS(=O)(=O)CC1. The van der Waals surface area contributed by atoms with E-state index in [4.69, 9.17) is 0 Å². The molecular formula is C25H38N4O5S2. The fourth-order valence-corrected chi connectivity index (χ4v) is 8.67. The summed E-state index contributed by atoms with van der Waals surface area (Å²) in [5.41, 5.74) is 2.28. The monoisotopic (exact) mass is 538 g/mol. The average molecular weight is 539 g/mol. The molecule has 5 rings (SSSR count). The Labute approximate surface area is 215 Å². The summed E-state index contributed by atoms with van der Waals surface area (Å²) in [4.78, 5) is 21.8. The number of benzene rings is 1. The van der Waals surface area contributed by atoms with Crippen molar-refractivity contribution >= 4 is 37.1 Å². The highest BCUT2D eigenvalue weighted by Gasteiger charge is 2.45. The van der Waals surface area contributed by atoms with Crippen LogP contribution in [-0.4, -0.2) is 107 Å². The third kappa shape index (κ3) is 5.18. The minimum absolute atomic E-state index is 0.0226. The Morgan fingerprint density at radius 3 is 1.97 bits per heavy atom. The zero-order chi connectivity index (χ0) is 25.7. The second kappa shape index (κ2) is 9.38. The quantitative estimate of drug-likeness (QED) is 0.567. The zero-order valence-corrected chi connectivity index (χ0v) is 22.9. The number of amides is 2. The van der Waals surface area contributed by atoms with Gasteiger partial charge >= 0.3 is 6.03 Å². The molecule has 0 aromatic heterocycles. The van der Waals surface area contributed by atoms with Gasteiger partial charge in [0, 0.05) is 56.7 Å². The molecule has 0 radical (unpaired) electrons. The molecule has 0 unspecified atom stereocenters. The second-order valence-corrected chi connectivity index (χ2v) is 16.0. The van der Waals surface area contributed by atoms with E-state index in [9.17, 15) is 21.6 Å². The van der Waals surface area contributed by atoms with Crippen LogP contribution < -0.4 is 9.80 Å². The highest BCUT2D eigenvalue weighted by atomic mass is 32.2. The summed E-state index contributed by atoms with van der Waals surface area (Å²) in [7, 11) is -5.95. The van der Waals surface area contributed by atoms with Crippen molar-refractivity contribution in [1.29, 1.82) is 0 Å². The van der Waals surface area contributed by atoms with Crippen molar-refractivity contribution < 1.29 is 21.6 Å². The van der Waals surface area contributed by atoms with E-state index in [0.717, 1.165) is 37.2 Å². The summed E-state index contributed by atoms with van der Waals surface area (Å²) in [6.45, 7) is 7.69. The Morgan fingerprint density at radius 1 is 0.806 bits per heavy atom. The van der Waals surface area contributed by atoms with Gasteiger partial charge in [0.2, 0.25) is 0 Å². The van der Waals surface area contributed by atoms with Crippen molar-refractivity contribution in [3.05, 3.63) is 24.3 Å². The minimum Gasteiger partial charge on any atom is -0.369 e. The van der Waals surface area contributed by atoms with Gasteiger partial charge < -0.3 is 19.6 Å². The van der Waals surface area contributed by atoms with E-state index >= 15 is 0 Å². The second-order valence-electron chi connectivity index (χ2n) is 11.4. The number of carbonyl (C=O) groups excluding carboxylic acids is 1. The minimum atomic E-state index is -3.04. The number of carbonyl (C=O) groups is 1. The molecule has 4 saturated heterocycles. The van der Waals surface area contributed by atoms with Gasteiger partial charge in [-0.1, -0.05) is 13.8 Å². The summed E-state index contributed by atoms with van der Waals surface area (Å²) in [6, 6.07) is 8.79. The van der Waals surface area contributed by atoms with Gasteiger partial charge in [0.15, 0.2) is 19.7 Å². The third-order valence-electron chi connectivity index (χ3n) is 8.64. The fraction of sp³-hybridized carbons (Fsp3) is 0.720. The Morgan fingerprint density at radius 2 is 1.36 bits per heavy atom. The highest BCUT2D eigenvalue weighted by Crippen LogP contribution is 2.42. The molecule has 0 spiro atoms. The maximum absolute atomic E-state index is 13.5. The van der Waals surface area contributed by atoms with E-state index in [0.29, 0.717) is 19.6 Å². The van der Waals surface area contributed by atoms with Crippen molar-refractivity contribution in [2.45, 2.75) is 45.2 Å². The maximum Gasteiger partial charge on any atom is 0.320 e. The molecular weight excluding hydrogens is 500 g/mol. The average Bonchev–Trinajstić information content (AvgIpc) is 3.10. The van der Waals surface area contributed by atoms with Crippen LogP contribution in [0.5, 0.6) is 0 Å². The van der Waals surface area contributed by atoms with Gasteiger partial charge in [-0.05, 0) is 48.9 Å². The first-order valence-electron chi connectivity index (χ1n) is 13.0. The van der Waals surface area contributed by atoms with Gasteiger partial charge in [-0.3, -0.25) is 0 Å². The first-order chi connectivity index (χ1) is 16.9. The Hall–Kier alpha value is -2.01. The predicted octanol–water partition coefficient (Wildman–Crippen LogP) is 1.84. The van der Waals surface area contributed by atoms with E-state index < -0.39 is 19.7 Å². The van der Waals surface area contributed by atoms with Crippen LogP contribution in [0, 0.1) is 5.41 Å². The number of hydrogen-bond acceptors (Lipinski definition) is 7. The molecule has 0 saturated carbocycles. The number of sulfone groups is 2. The largest absolute Gasteiger partial charge is 0.369 e. The fourth-order valence-electron chi connectivity index (χ4n) is 6.27. The Balaban J connectivity index is 1.34. The number of hydrogen-bond donors (Lipinski definition) is 0. The lowest BCUT2D eigenvalue weighted by molar-refractivity contribution is 0.123. The molecule has 0 aliphatic carbocycles. The lowest BCUT2D eigenvalue weighted by Crippen LogP contribution is -2.54. The van der Waals surface area contributed by atoms with Crippen LogP contribution in [0.4, 0.5) is 16.2 Å². The molecule has 2 amide bonds. The van der Waals surface area contributed by atoms with Crippen molar-refractivity contribution in [3.63, 3.8) is 0 Å². The van der Waals surface area contributed by atoms with Crippen LogP contribution in [0.25, 0.3) is 0 Å². The summed E-state index contributed by atoms with van der Waals surface area (Å²) >= 11 is 0. The van der Waals surface area contributed by atoms with Crippen LogP contribution in [0.1, 0.15) is 33.1 Å². The smallest absolute Gasteiger partial charge is 0.320 e. The molecule has 2 bridgehead atoms.